The number of halogens is 3. The average molecular weight is 343 g/mol. The molecule has 0 spiro atoms. The van der Waals surface area contributed by atoms with Crippen molar-refractivity contribution in [2.45, 2.75) is 19.6 Å². The number of rotatable bonds is 6. The maximum absolute atomic E-state index is 12.5. The summed E-state index contributed by atoms with van der Waals surface area (Å²) >= 11 is 1.64. The summed E-state index contributed by atoms with van der Waals surface area (Å²) < 4.78 is 37.5. The topological polar surface area (TPSA) is 33.5 Å². The van der Waals surface area contributed by atoms with Gasteiger partial charge >= 0.3 is 6.18 Å². The lowest BCUT2D eigenvalue weighted by molar-refractivity contribution is -0.903. The molecular formula is C16H18F3N2OS+. The van der Waals surface area contributed by atoms with Crippen LogP contribution in [0.5, 0.6) is 0 Å². The Morgan fingerprint density at radius 2 is 1.91 bits per heavy atom. The van der Waals surface area contributed by atoms with Crippen molar-refractivity contribution in [1.29, 1.82) is 0 Å². The molecule has 0 fully saturated rings. The molecule has 1 aromatic carbocycles. The highest BCUT2D eigenvalue weighted by Gasteiger charge is 2.30. The highest BCUT2D eigenvalue weighted by molar-refractivity contribution is 7.09. The molecule has 7 heteroatoms. The molecule has 0 saturated carbocycles. The second kappa shape index (κ2) is 7.61. The summed E-state index contributed by atoms with van der Waals surface area (Å²) in [5.41, 5.74) is -0.358. The number of amides is 1. The molecule has 124 valence electrons. The largest absolute Gasteiger partial charge is 0.416 e. The van der Waals surface area contributed by atoms with E-state index in [1.54, 1.807) is 11.3 Å². The second-order valence-electron chi connectivity index (χ2n) is 5.16. The summed E-state index contributed by atoms with van der Waals surface area (Å²) in [6.45, 7) is 3.82. The van der Waals surface area contributed by atoms with Crippen LogP contribution in [0.4, 0.5) is 18.9 Å². The lowest BCUT2D eigenvalue weighted by Crippen LogP contribution is -3.11. The lowest BCUT2D eigenvalue weighted by Gasteiger charge is -2.16. The molecule has 1 unspecified atom stereocenters. The van der Waals surface area contributed by atoms with E-state index in [-0.39, 0.29) is 12.5 Å². The molecular weight excluding hydrogens is 325 g/mol. The normalized spacial score (nSPS) is 12.9. The van der Waals surface area contributed by atoms with Crippen LogP contribution in [0, 0.1) is 0 Å². The minimum atomic E-state index is -4.37. The molecule has 0 aliphatic heterocycles. The van der Waals surface area contributed by atoms with Crippen molar-refractivity contribution in [2.75, 3.05) is 18.4 Å². The molecule has 1 heterocycles. The van der Waals surface area contributed by atoms with Gasteiger partial charge in [-0.05, 0) is 42.6 Å². The van der Waals surface area contributed by atoms with Crippen molar-refractivity contribution >= 4 is 22.9 Å². The van der Waals surface area contributed by atoms with Crippen LogP contribution in [0.3, 0.4) is 0 Å². The van der Waals surface area contributed by atoms with E-state index in [0.717, 1.165) is 30.1 Å². The van der Waals surface area contributed by atoms with E-state index in [0.29, 0.717) is 5.69 Å². The Morgan fingerprint density at radius 3 is 2.43 bits per heavy atom. The van der Waals surface area contributed by atoms with E-state index < -0.39 is 11.7 Å². The highest BCUT2D eigenvalue weighted by atomic mass is 32.1. The molecule has 1 aromatic heterocycles. The van der Waals surface area contributed by atoms with Gasteiger partial charge in [0, 0.05) is 5.69 Å². The number of quaternary nitrogens is 1. The number of hydrogen-bond donors (Lipinski definition) is 2. The van der Waals surface area contributed by atoms with Gasteiger partial charge in [-0.25, -0.2) is 0 Å². The third-order valence-corrected chi connectivity index (χ3v) is 4.29. The lowest BCUT2D eigenvalue weighted by atomic mass is 10.2. The number of hydrogen-bond acceptors (Lipinski definition) is 2. The van der Waals surface area contributed by atoms with Gasteiger partial charge in [-0.3, -0.25) is 4.79 Å². The van der Waals surface area contributed by atoms with Gasteiger partial charge in [-0.15, -0.1) is 11.3 Å². The van der Waals surface area contributed by atoms with Gasteiger partial charge < -0.3 is 10.2 Å². The number of nitrogens with one attached hydrogen (secondary N) is 2. The average Bonchev–Trinajstić information content (AvgIpc) is 2.99. The van der Waals surface area contributed by atoms with E-state index in [1.807, 2.05) is 24.4 Å². The number of alkyl halides is 3. The number of likely N-dealkylation sites (N-methyl/N-ethyl adjacent to an activating group) is 1. The minimum absolute atomic E-state index is 0.210. The predicted octanol–water partition coefficient (Wildman–Crippen LogP) is 2.81. The third-order valence-electron chi connectivity index (χ3n) is 3.41. The van der Waals surface area contributed by atoms with E-state index in [9.17, 15) is 18.0 Å². The zero-order valence-corrected chi connectivity index (χ0v) is 13.4. The maximum atomic E-state index is 12.5. The third kappa shape index (κ3) is 5.37. The minimum Gasteiger partial charge on any atom is -0.323 e. The summed E-state index contributed by atoms with van der Waals surface area (Å²) in [6, 6.07) is 8.46. The Labute approximate surface area is 136 Å². The number of carbonyl (C=O) groups excluding carboxylic acids is 1. The SMILES string of the molecule is CC[NH+](CC(=O)Nc1ccc(C(F)(F)F)cc1)Cc1cccs1. The van der Waals surface area contributed by atoms with Crippen molar-refractivity contribution in [1.82, 2.24) is 0 Å². The van der Waals surface area contributed by atoms with Gasteiger partial charge in [0.1, 0.15) is 6.54 Å². The zero-order chi connectivity index (χ0) is 16.9. The van der Waals surface area contributed by atoms with Crippen LogP contribution in [-0.4, -0.2) is 19.0 Å². The van der Waals surface area contributed by atoms with Gasteiger partial charge in [0.15, 0.2) is 6.54 Å². The Balaban J connectivity index is 1.90. The molecule has 2 aromatic rings. The molecule has 3 nitrogen and oxygen atoms in total. The number of carbonyl (C=O) groups is 1. The highest BCUT2D eigenvalue weighted by Crippen LogP contribution is 2.29. The van der Waals surface area contributed by atoms with Crippen LogP contribution < -0.4 is 10.2 Å². The first-order chi connectivity index (χ1) is 10.9. The fourth-order valence-corrected chi connectivity index (χ4v) is 2.92. The van der Waals surface area contributed by atoms with Crippen LogP contribution >= 0.6 is 11.3 Å². The Bertz CT molecular complexity index is 624. The van der Waals surface area contributed by atoms with Gasteiger partial charge in [0.05, 0.1) is 17.0 Å². The quantitative estimate of drug-likeness (QED) is 0.831. The maximum Gasteiger partial charge on any atom is 0.416 e. The molecule has 23 heavy (non-hydrogen) atoms. The molecule has 0 saturated heterocycles. The van der Waals surface area contributed by atoms with Gasteiger partial charge in [0.25, 0.3) is 5.91 Å². The Kier molecular flexibility index (Phi) is 5.79. The number of benzene rings is 1. The summed E-state index contributed by atoms with van der Waals surface area (Å²) in [5, 5.41) is 4.63. The fourth-order valence-electron chi connectivity index (χ4n) is 2.15. The Hall–Kier alpha value is -1.86. The van der Waals surface area contributed by atoms with E-state index in [1.165, 1.54) is 17.0 Å². The van der Waals surface area contributed by atoms with Gasteiger partial charge in [0.2, 0.25) is 0 Å². The van der Waals surface area contributed by atoms with Crippen molar-refractivity contribution in [3.63, 3.8) is 0 Å². The monoisotopic (exact) mass is 343 g/mol. The van der Waals surface area contributed by atoms with Crippen LogP contribution in [0.1, 0.15) is 17.4 Å². The summed E-state index contributed by atoms with van der Waals surface area (Å²) in [6.07, 6.45) is -4.37. The van der Waals surface area contributed by atoms with Crippen molar-refractivity contribution in [3.05, 3.63) is 52.2 Å². The molecule has 1 atom stereocenters. The van der Waals surface area contributed by atoms with Gasteiger partial charge in [-0.1, -0.05) is 6.07 Å². The fraction of sp³-hybridized carbons (Fsp3) is 0.312. The molecule has 0 radical (unpaired) electrons. The first-order valence-electron chi connectivity index (χ1n) is 7.21. The second-order valence-corrected chi connectivity index (χ2v) is 6.19. The Morgan fingerprint density at radius 1 is 1.22 bits per heavy atom. The van der Waals surface area contributed by atoms with Crippen LogP contribution in [-0.2, 0) is 17.5 Å². The van der Waals surface area contributed by atoms with Crippen LogP contribution in [0.2, 0.25) is 0 Å². The van der Waals surface area contributed by atoms with Crippen molar-refractivity contribution in [3.8, 4) is 0 Å². The van der Waals surface area contributed by atoms with Crippen molar-refractivity contribution < 1.29 is 22.9 Å². The molecule has 1 amide bonds. The summed E-state index contributed by atoms with van der Waals surface area (Å²) in [4.78, 5) is 14.3. The molecule has 0 aliphatic rings. The summed E-state index contributed by atoms with van der Waals surface area (Å²) in [7, 11) is 0. The van der Waals surface area contributed by atoms with Gasteiger partial charge in [-0.2, -0.15) is 13.2 Å². The zero-order valence-electron chi connectivity index (χ0n) is 12.6. The number of anilines is 1. The molecule has 0 aliphatic carbocycles. The number of thiophene rings is 1. The first-order valence-corrected chi connectivity index (χ1v) is 8.09. The van der Waals surface area contributed by atoms with E-state index >= 15 is 0 Å². The molecule has 2 N–H and O–H groups in total. The summed E-state index contributed by atoms with van der Waals surface area (Å²) in [5.74, 6) is -0.210. The smallest absolute Gasteiger partial charge is 0.323 e. The van der Waals surface area contributed by atoms with E-state index in [4.69, 9.17) is 0 Å². The van der Waals surface area contributed by atoms with Crippen molar-refractivity contribution in [2.24, 2.45) is 0 Å². The van der Waals surface area contributed by atoms with Crippen LogP contribution in [0.25, 0.3) is 0 Å². The van der Waals surface area contributed by atoms with E-state index in [2.05, 4.69) is 5.32 Å². The standard InChI is InChI=1S/C16H17F3N2OS/c1-2-21(10-14-4-3-9-23-14)11-15(22)20-13-7-5-12(6-8-13)16(17,18)19/h3-9H,2,10-11H2,1H3,(H,20,22)/p+1. The first kappa shape index (κ1) is 17.5. The molecule has 2 rings (SSSR count). The molecule has 0 bridgehead atoms. The van der Waals surface area contributed by atoms with Crippen LogP contribution in [0.15, 0.2) is 41.8 Å². The predicted molar refractivity (Wildman–Crippen MR) is 84.5 cm³/mol.